The Hall–Kier alpha value is -2.15. The molecule has 1 aliphatic carbocycles. The number of aromatic nitrogens is 1. The van der Waals surface area contributed by atoms with Crippen molar-refractivity contribution in [2.75, 3.05) is 10.6 Å². The minimum atomic E-state index is -0.222. The van der Waals surface area contributed by atoms with Gasteiger partial charge in [-0.05, 0) is 44.4 Å². The van der Waals surface area contributed by atoms with Crippen LogP contribution in [-0.4, -0.2) is 23.0 Å². The third-order valence-electron chi connectivity index (χ3n) is 4.84. The number of fused-ring (bicyclic) bond motifs is 1. The number of benzene rings is 1. The lowest BCUT2D eigenvalue weighted by Crippen LogP contribution is -2.35. The predicted molar refractivity (Wildman–Crippen MR) is 107 cm³/mol. The number of anilines is 2. The van der Waals surface area contributed by atoms with Crippen LogP contribution in [-0.2, 0) is 4.79 Å². The van der Waals surface area contributed by atoms with E-state index in [1.165, 1.54) is 17.8 Å². The Bertz CT molecular complexity index is 783. The Morgan fingerprint density at radius 1 is 1.23 bits per heavy atom. The molecule has 1 aromatic carbocycles. The van der Waals surface area contributed by atoms with Crippen LogP contribution >= 0.6 is 11.3 Å². The third-order valence-corrected chi connectivity index (χ3v) is 5.79. The highest BCUT2D eigenvalue weighted by Gasteiger charge is 2.22. The van der Waals surface area contributed by atoms with Crippen LogP contribution in [0.5, 0.6) is 0 Å². The smallest absolute Gasteiger partial charge is 0.319 e. The Morgan fingerprint density at radius 2 is 2.00 bits per heavy atom. The van der Waals surface area contributed by atoms with Crippen molar-refractivity contribution in [3.05, 3.63) is 18.2 Å². The van der Waals surface area contributed by atoms with Crippen molar-refractivity contribution >= 4 is 44.3 Å². The van der Waals surface area contributed by atoms with Gasteiger partial charge in [-0.3, -0.25) is 4.79 Å². The van der Waals surface area contributed by atoms with Crippen LogP contribution in [0.2, 0.25) is 0 Å². The quantitative estimate of drug-likeness (QED) is 0.707. The monoisotopic (exact) mass is 374 g/mol. The summed E-state index contributed by atoms with van der Waals surface area (Å²) in [5, 5.41) is 9.28. The number of nitrogens with one attached hydrogen (secondary N) is 3. The van der Waals surface area contributed by atoms with E-state index in [1.54, 1.807) is 0 Å². The molecule has 0 unspecified atom stereocenters. The lowest BCUT2D eigenvalue weighted by atomic mass is 9.89. The van der Waals surface area contributed by atoms with Crippen LogP contribution in [0.1, 0.15) is 52.4 Å². The number of hydrogen-bond donors (Lipinski definition) is 3. The fraction of sp³-hybridized carbons (Fsp3) is 0.526. The van der Waals surface area contributed by atoms with Crippen LogP contribution in [0.15, 0.2) is 18.2 Å². The zero-order valence-electron chi connectivity index (χ0n) is 15.3. The average molecular weight is 375 g/mol. The molecular weight excluding hydrogens is 348 g/mol. The molecule has 0 saturated heterocycles. The van der Waals surface area contributed by atoms with Crippen molar-refractivity contribution in [3.8, 4) is 0 Å². The molecule has 0 aliphatic heterocycles. The van der Waals surface area contributed by atoms with Crippen molar-refractivity contribution in [1.82, 2.24) is 10.3 Å². The molecule has 1 atom stereocenters. The van der Waals surface area contributed by atoms with Crippen LogP contribution < -0.4 is 16.0 Å². The summed E-state index contributed by atoms with van der Waals surface area (Å²) in [5.41, 5.74) is 1.46. The molecule has 140 valence electrons. The van der Waals surface area contributed by atoms with Crippen molar-refractivity contribution in [2.45, 2.75) is 58.4 Å². The zero-order valence-corrected chi connectivity index (χ0v) is 16.1. The van der Waals surface area contributed by atoms with Gasteiger partial charge in [0, 0.05) is 17.6 Å². The molecule has 1 heterocycles. The maximum absolute atomic E-state index is 12.4. The molecule has 26 heavy (non-hydrogen) atoms. The van der Waals surface area contributed by atoms with Gasteiger partial charge in [0.1, 0.15) is 0 Å². The third kappa shape index (κ3) is 4.72. The molecule has 3 N–H and O–H groups in total. The molecule has 2 aromatic rings. The Kier molecular flexibility index (Phi) is 6.08. The second-order valence-corrected chi connectivity index (χ2v) is 7.96. The summed E-state index contributed by atoms with van der Waals surface area (Å²) in [5.74, 6) is 0.187. The number of amides is 3. The minimum Gasteiger partial charge on any atom is -0.335 e. The number of rotatable bonds is 5. The second kappa shape index (κ2) is 8.49. The van der Waals surface area contributed by atoms with E-state index in [2.05, 4.69) is 20.9 Å². The van der Waals surface area contributed by atoms with E-state index in [1.807, 2.05) is 32.0 Å². The van der Waals surface area contributed by atoms with Gasteiger partial charge in [-0.15, -0.1) is 0 Å². The predicted octanol–water partition coefficient (Wildman–Crippen LogP) is 4.74. The Labute approximate surface area is 157 Å². The van der Waals surface area contributed by atoms with Crippen LogP contribution in [0.25, 0.3) is 10.2 Å². The van der Waals surface area contributed by atoms with Gasteiger partial charge in [0.2, 0.25) is 5.91 Å². The summed E-state index contributed by atoms with van der Waals surface area (Å²) in [6.07, 6.45) is 6.30. The number of carbonyl (C=O) groups excluding carboxylic acids is 2. The summed E-state index contributed by atoms with van der Waals surface area (Å²) in [6, 6.07) is 5.50. The first-order valence-electron chi connectivity index (χ1n) is 9.34. The fourth-order valence-corrected chi connectivity index (χ4v) is 3.97. The lowest BCUT2D eigenvalue weighted by Gasteiger charge is -2.19. The maximum atomic E-state index is 12.4. The summed E-state index contributed by atoms with van der Waals surface area (Å²) in [4.78, 5) is 28.8. The van der Waals surface area contributed by atoms with E-state index >= 15 is 0 Å². The first-order chi connectivity index (χ1) is 12.5. The van der Waals surface area contributed by atoms with Gasteiger partial charge in [-0.25, -0.2) is 9.78 Å². The topological polar surface area (TPSA) is 83.1 Å². The highest BCUT2D eigenvalue weighted by Crippen LogP contribution is 2.30. The SMILES string of the molecule is CC[C@@H](C)NC(=O)Nc1ccc2sc(NC(=O)C3CCCCC3)nc2c1. The molecule has 0 bridgehead atoms. The number of carbonyl (C=O) groups is 2. The van der Waals surface area contributed by atoms with E-state index in [4.69, 9.17) is 0 Å². The van der Waals surface area contributed by atoms with E-state index in [9.17, 15) is 9.59 Å². The van der Waals surface area contributed by atoms with E-state index in [0.29, 0.717) is 10.8 Å². The second-order valence-electron chi connectivity index (χ2n) is 6.93. The lowest BCUT2D eigenvalue weighted by molar-refractivity contribution is -0.120. The number of thiazole rings is 1. The van der Waals surface area contributed by atoms with Gasteiger partial charge in [0.25, 0.3) is 0 Å². The summed E-state index contributed by atoms with van der Waals surface area (Å²) in [7, 11) is 0. The van der Waals surface area contributed by atoms with Crippen LogP contribution in [0, 0.1) is 5.92 Å². The molecule has 1 aromatic heterocycles. The van der Waals surface area contributed by atoms with Crippen molar-refractivity contribution in [3.63, 3.8) is 0 Å². The number of urea groups is 1. The van der Waals surface area contributed by atoms with E-state index in [-0.39, 0.29) is 23.9 Å². The first kappa shape index (κ1) is 18.6. The van der Waals surface area contributed by atoms with Gasteiger partial charge in [-0.2, -0.15) is 0 Å². The molecule has 7 heteroatoms. The van der Waals surface area contributed by atoms with Gasteiger partial charge < -0.3 is 16.0 Å². The molecule has 3 amide bonds. The van der Waals surface area contributed by atoms with Crippen molar-refractivity contribution < 1.29 is 9.59 Å². The molecule has 3 rings (SSSR count). The molecular formula is C19H26N4O2S. The van der Waals surface area contributed by atoms with Crippen LogP contribution in [0.4, 0.5) is 15.6 Å². The van der Waals surface area contributed by atoms with Crippen molar-refractivity contribution in [2.24, 2.45) is 5.92 Å². The number of nitrogens with zero attached hydrogens (tertiary/aromatic N) is 1. The first-order valence-corrected chi connectivity index (χ1v) is 10.2. The highest BCUT2D eigenvalue weighted by molar-refractivity contribution is 7.22. The molecule has 0 spiro atoms. The molecule has 1 saturated carbocycles. The van der Waals surface area contributed by atoms with Gasteiger partial charge in [0.15, 0.2) is 5.13 Å². The Balaban J connectivity index is 1.65. The van der Waals surface area contributed by atoms with Gasteiger partial charge >= 0.3 is 6.03 Å². The standard InChI is InChI=1S/C19H26N4O2S/c1-3-12(2)20-18(25)21-14-9-10-16-15(11-14)22-19(26-16)23-17(24)13-7-5-4-6-8-13/h9-13H,3-8H2,1-2H3,(H2,20,21,25)(H,22,23,24)/t12-/m1/s1. The molecule has 1 fully saturated rings. The van der Waals surface area contributed by atoms with E-state index in [0.717, 1.165) is 42.3 Å². The molecule has 1 aliphatic rings. The Morgan fingerprint density at radius 3 is 2.73 bits per heavy atom. The van der Waals surface area contributed by atoms with E-state index < -0.39 is 0 Å². The average Bonchev–Trinajstić information content (AvgIpc) is 3.03. The maximum Gasteiger partial charge on any atom is 0.319 e. The van der Waals surface area contributed by atoms with Crippen molar-refractivity contribution in [1.29, 1.82) is 0 Å². The minimum absolute atomic E-state index is 0.0787. The van der Waals surface area contributed by atoms with Crippen LogP contribution in [0.3, 0.4) is 0 Å². The molecule has 0 radical (unpaired) electrons. The molecule has 6 nitrogen and oxygen atoms in total. The summed E-state index contributed by atoms with van der Waals surface area (Å²) < 4.78 is 0.983. The van der Waals surface area contributed by atoms with Gasteiger partial charge in [-0.1, -0.05) is 37.5 Å². The highest BCUT2D eigenvalue weighted by atomic mass is 32.1. The largest absolute Gasteiger partial charge is 0.335 e. The zero-order chi connectivity index (χ0) is 18.5. The normalized spacial score (nSPS) is 16.2. The number of hydrogen-bond acceptors (Lipinski definition) is 4. The van der Waals surface area contributed by atoms with Gasteiger partial charge in [0.05, 0.1) is 10.2 Å². The summed E-state index contributed by atoms with van der Waals surface area (Å²) >= 11 is 1.46. The summed E-state index contributed by atoms with van der Waals surface area (Å²) in [6.45, 7) is 3.99. The fourth-order valence-electron chi connectivity index (χ4n) is 3.12.